The van der Waals surface area contributed by atoms with Crippen LogP contribution in [-0.4, -0.2) is 9.97 Å². The summed E-state index contributed by atoms with van der Waals surface area (Å²) in [6, 6.07) is 0. The first-order chi connectivity index (χ1) is 20.1. The molecule has 0 saturated carbocycles. The van der Waals surface area contributed by atoms with E-state index in [1.54, 1.807) is 0 Å². The molecule has 0 aliphatic rings. The maximum atomic E-state index is 14.2. The molecular weight excluding hydrogens is 530 g/mol. The Bertz CT molecular complexity index is 2430. The lowest BCUT2D eigenvalue weighted by atomic mass is 9.91. The summed E-state index contributed by atoms with van der Waals surface area (Å²) in [6.45, 7) is 27.0. The van der Waals surface area contributed by atoms with Gasteiger partial charge in [-0.25, -0.2) is 15.0 Å². The molecule has 0 N–H and O–H groups in total. The van der Waals surface area contributed by atoms with E-state index in [-0.39, 0.29) is 21.9 Å². The van der Waals surface area contributed by atoms with E-state index in [0.717, 1.165) is 66.3 Å². The van der Waals surface area contributed by atoms with Crippen LogP contribution in [0.3, 0.4) is 0 Å². The highest BCUT2D eigenvalue weighted by Crippen LogP contribution is 2.36. The minimum Gasteiger partial charge on any atom is -0.287 e. The SMILES string of the molecule is Cc1c(C)c(C)c(N=c2c3nc4c(=O)c5c(C)c(C)c(C)c(C)c5c(=O)c4nc3c3c(C)c(C)c(C)c(C)c23)c(C)c1C. The Labute approximate surface area is 252 Å². The van der Waals surface area contributed by atoms with Gasteiger partial charge in [0.1, 0.15) is 22.1 Å². The lowest BCUT2D eigenvalue weighted by Crippen LogP contribution is -2.19. The van der Waals surface area contributed by atoms with Crippen molar-refractivity contribution in [1.82, 2.24) is 9.97 Å². The quantitative estimate of drug-likeness (QED) is 0.189. The van der Waals surface area contributed by atoms with Gasteiger partial charge in [0, 0.05) is 21.5 Å². The molecule has 0 aliphatic heterocycles. The van der Waals surface area contributed by atoms with E-state index in [1.165, 1.54) is 27.8 Å². The van der Waals surface area contributed by atoms with Crippen LogP contribution in [0.5, 0.6) is 0 Å². The number of hydrogen-bond donors (Lipinski definition) is 0. The van der Waals surface area contributed by atoms with E-state index in [2.05, 4.69) is 62.3 Å². The monoisotopic (exact) mass is 569 g/mol. The molecule has 0 aliphatic carbocycles. The van der Waals surface area contributed by atoms with Crippen molar-refractivity contribution in [3.05, 3.63) is 98.1 Å². The van der Waals surface area contributed by atoms with Crippen molar-refractivity contribution in [1.29, 1.82) is 0 Å². The Morgan fingerprint density at radius 2 is 0.674 bits per heavy atom. The summed E-state index contributed by atoms with van der Waals surface area (Å²) in [5.41, 5.74) is 16.2. The zero-order valence-electron chi connectivity index (χ0n) is 27.7. The van der Waals surface area contributed by atoms with E-state index in [0.29, 0.717) is 21.8 Å². The molecule has 0 atom stereocenters. The second-order valence-electron chi connectivity index (χ2n) is 12.7. The normalized spacial score (nSPS) is 12.6. The fourth-order valence-electron chi connectivity index (χ4n) is 7.10. The third kappa shape index (κ3) is 3.60. The number of rotatable bonds is 1. The predicted octanol–water partition coefficient (Wildman–Crippen LogP) is 7.93. The van der Waals surface area contributed by atoms with Crippen LogP contribution in [0.2, 0.25) is 0 Å². The summed E-state index contributed by atoms with van der Waals surface area (Å²) in [5, 5.41) is 3.58. The van der Waals surface area contributed by atoms with Gasteiger partial charge in [0.05, 0.1) is 11.0 Å². The third-order valence-corrected chi connectivity index (χ3v) is 11.0. The van der Waals surface area contributed by atoms with Gasteiger partial charge in [0.25, 0.3) is 0 Å². The first kappa shape index (κ1) is 28.9. The second kappa shape index (κ2) is 9.37. The van der Waals surface area contributed by atoms with E-state index in [1.807, 2.05) is 27.7 Å². The van der Waals surface area contributed by atoms with Gasteiger partial charge in [0.2, 0.25) is 10.9 Å². The maximum Gasteiger partial charge on any atom is 0.214 e. The van der Waals surface area contributed by atoms with Crippen molar-refractivity contribution in [3.8, 4) is 0 Å². The molecule has 1 aromatic heterocycles. The minimum atomic E-state index is -0.242. The summed E-state index contributed by atoms with van der Waals surface area (Å²) < 4.78 is 0. The Morgan fingerprint density at radius 1 is 0.349 bits per heavy atom. The van der Waals surface area contributed by atoms with Gasteiger partial charge in [-0.1, -0.05) is 0 Å². The molecule has 0 radical (unpaired) electrons. The van der Waals surface area contributed by atoms with Crippen LogP contribution in [0.4, 0.5) is 5.69 Å². The van der Waals surface area contributed by atoms with Gasteiger partial charge in [-0.15, -0.1) is 0 Å². The molecule has 218 valence electrons. The highest BCUT2D eigenvalue weighted by Gasteiger charge is 2.25. The van der Waals surface area contributed by atoms with Crippen molar-refractivity contribution < 1.29 is 0 Å². The molecule has 6 aromatic rings. The number of aryl methyl sites for hydroxylation is 4. The van der Waals surface area contributed by atoms with Crippen molar-refractivity contribution in [2.24, 2.45) is 4.99 Å². The smallest absolute Gasteiger partial charge is 0.214 e. The molecule has 0 saturated heterocycles. The first-order valence-corrected chi connectivity index (χ1v) is 15.0. The average Bonchev–Trinajstić information content (AvgIpc) is 3.30. The van der Waals surface area contributed by atoms with Crippen molar-refractivity contribution in [2.75, 3.05) is 0 Å². The topological polar surface area (TPSA) is 72.3 Å². The van der Waals surface area contributed by atoms with Gasteiger partial charge in [-0.3, -0.25) is 9.59 Å². The van der Waals surface area contributed by atoms with Crippen molar-refractivity contribution in [3.63, 3.8) is 0 Å². The summed E-state index contributed by atoms with van der Waals surface area (Å²) in [4.78, 5) is 43.8. The fraction of sp³-hybridized carbons (Fsp3) is 0.342. The predicted molar refractivity (Wildman–Crippen MR) is 180 cm³/mol. The van der Waals surface area contributed by atoms with Gasteiger partial charge in [0.15, 0.2) is 0 Å². The van der Waals surface area contributed by atoms with Gasteiger partial charge in [-0.05, 0) is 162 Å². The molecule has 0 spiro atoms. The minimum absolute atomic E-state index is 0.121. The lowest BCUT2D eigenvalue weighted by Gasteiger charge is -2.16. The molecule has 0 amide bonds. The molecule has 5 nitrogen and oxygen atoms in total. The number of aromatic nitrogens is 2. The van der Waals surface area contributed by atoms with Crippen LogP contribution in [-0.2, 0) is 0 Å². The largest absolute Gasteiger partial charge is 0.287 e. The number of nitrogens with zero attached hydrogens (tertiary/aromatic N) is 3. The molecule has 1 heterocycles. The molecule has 0 bridgehead atoms. The van der Waals surface area contributed by atoms with E-state index < -0.39 is 0 Å². The van der Waals surface area contributed by atoms with Crippen LogP contribution in [0.15, 0.2) is 14.6 Å². The Balaban J connectivity index is 1.96. The molecule has 5 heteroatoms. The second-order valence-corrected chi connectivity index (χ2v) is 12.7. The maximum absolute atomic E-state index is 14.2. The molecule has 0 fully saturated rings. The van der Waals surface area contributed by atoms with Crippen LogP contribution < -0.4 is 16.2 Å². The van der Waals surface area contributed by atoms with Gasteiger partial charge >= 0.3 is 0 Å². The summed E-state index contributed by atoms with van der Waals surface area (Å²) in [7, 11) is 0. The third-order valence-electron chi connectivity index (χ3n) is 11.0. The Morgan fingerprint density at radius 3 is 1.12 bits per heavy atom. The van der Waals surface area contributed by atoms with Gasteiger partial charge < -0.3 is 0 Å². The Kier molecular flexibility index (Phi) is 6.29. The van der Waals surface area contributed by atoms with Crippen molar-refractivity contribution in [2.45, 2.75) is 90.0 Å². The van der Waals surface area contributed by atoms with E-state index in [4.69, 9.17) is 15.0 Å². The summed E-state index contributed by atoms with van der Waals surface area (Å²) >= 11 is 0. The average molecular weight is 570 g/mol. The number of fused-ring (bicyclic) bond motifs is 5. The van der Waals surface area contributed by atoms with E-state index >= 15 is 0 Å². The van der Waals surface area contributed by atoms with E-state index in [9.17, 15) is 9.59 Å². The first-order valence-electron chi connectivity index (χ1n) is 15.0. The van der Waals surface area contributed by atoms with Crippen LogP contribution in [0, 0.1) is 90.0 Å². The zero-order valence-corrected chi connectivity index (χ0v) is 27.7. The number of hydrogen-bond acceptors (Lipinski definition) is 5. The van der Waals surface area contributed by atoms with Crippen LogP contribution in [0.1, 0.15) is 72.3 Å². The summed E-state index contributed by atoms with van der Waals surface area (Å²) in [6.07, 6.45) is 0. The molecule has 43 heavy (non-hydrogen) atoms. The van der Waals surface area contributed by atoms with Crippen LogP contribution >= 0.6 is 0 Å². The molecule has 5 aromatic carbocycles. The van der Waals surface area contributed by atoms with Gasteiger partial charge in [-0.2, -0.15) is 0 Å². The molecular formula is C38H39N3O2. The van der Waals surface area contributed by atoms with Crippen LogP contribution in [0.25, 0.3) is 43.6 Å². The highest BCUT2D eigenvalue weighted by molar-refractivity contribution is 6.14. The standard InChI is InChI=1S/C38H39N3O2/c1-14-19(6)25(12)31(26(13)20(14)7)39-32-27-21(8)15(2)16(3)22(9)28(27)33-34(32)41-36-35(40-33)37(42)29-23(10)17(4)18(5)24(11)30(29)38(36)43/h1-13H3. The van der Waals surface area contributed by atoms with Crippen molar-refractivity contribution >= 4 is 49.3 Å². The lowest BCUT2D eigenvalue weighted by molar-refractivity contribution is 1.15. The highest BCUT2D eigenvalue weighted by atomic mass is 16.1. The summed E-state index contributed by atoms with van der Waals surface area (Å²) in [5.74, 6) is 0. The fourth-order valence-corrected chi connectivity index (χ4v) is 7.10. The molecule has 6 rings (SSSR count). The zero-order chi connectivity index (χ0) is 31.6. The number of benzene rings is 4. The molecule has 0 unspecified atom stereocenters. The Hall–Kier alpha value is -4.25.